The van der Waals surface area contributed by atoms with Gasteiger partial charge in [-0.15, -0.1) is 11.3 Å². The van der Waals surface area contributed by atoms with Gasteiger partial charge in [0.05, 0.1) is 27.9 Å². The number of carbonyl (C=O) groups is 3. The third-order valence-corrected chi connectivity index (χ3v) is 8.38. The molecule has 7 nitrogen and oxygen atoms in total. The number of esters is 1. The molecule has 2 aromatic heterocycles. The molecule has 11 heteroatoms. The highest BCUT2D eigenvalue weighted by Gasteiger charge is 2.36. The summed E-state index contributed by atoms with van der Waals surface area (Å²) >= 11 is 19.2. The third-order valence-electron chi connectivity index (χ3n) is 6.09. The van der Waals surface area contributed by atoms with Crippen molar-refractivity contribution in [3.8, 4) is 5.00 Å². The summed E-state index contributed by atoms with van der Waals surface area (Å²) in [5.41, 5.74) is 3.72. The number of ether oxygens (including phenoxy) is 1. The number of amides is 2. The van der Waals surface area contributed by atoms with Crippen molar-refractivity contribution in [1.82, 2.24) is 9.88 Å². The van der Waals surface area contributed by atoms with Crippen LogP contribution in [-0.2, 0) is 14.3 Å². The minimum absolute atomic E-state index is 0.0922. The molecule has 3 heterocycles. The summed E-state index contributed by atoms with van der Waals surface area (Å²) in [4.78, 5) is 41.3. The molecule has 0 saturated carbocycles. The van der Waals surface area contributed by atoms with E-state index in [2.05, 4.69) is 5.32 Å². The molecule has 4 rings (SSSR count). The number of carbonyl (C=O) groups excluding carboxylic acids is 3. The predicted molar refractivity (Wildman–Crippen MR) is 151 cm³/mol. The van der Waals surface area contributed by atoms with Gasteiger partial charge in [-0.3, -0.25) is 19.8 Å². The van der Waals surface area contributed by atoms with Gasteiger partial charge in [0.2, 0.25) is 0 Å². The molecule has 0 aliphatic carbocycles. The number of rotatable bonds is 5. The molecule has 1 saturated heterocycles. The first-order valence-electron chi connectivity index (χ1n) is 11.3. The molecule has 1 aliphatic heterocycles. The zero-order valence-electron chi connectivity index (χ0n) is 20.7. The lowest BCUT2D eigenvalue weighted by Crippen LogP contribution is -2.54. The Morgan fingerprint density at radius 3 is 2.57 bits per heavy atom. The summed E-state index contributed by atoms with van der Waals surface area (Å²) in [6, 6.07) is 6.68. The lowest BCUT2D eigenvalue weighted by atomic mass is 10.1. The summed E-state index contributed by atoms with van der Waals surface area (Å²) in [6.45, 7) is 9.62. The highest BCUT2D eigenvalue weighted by atomic mass is 35.5. The lowest BCUT2D eigenvalue weighted by molar-refractivity contribution is -0.122. The molecule has 0 atom stereocenters. The van der Waals surface area contributed by atoms with E-state index >= 15 is 0 Å². The lowest BCUT2D eigenvalue weighted by Gasteiger charge is -2.29. The van der Waals surface area contributed by atoms with E-state index in [4.69, 9.17) is 40.2 Å². The van der Waals surface area contributed by atoms with Crippen molar-refractivity contribution in [2.24, 2.45) is 0 Å². The average Bonchev–Trinajstić information content (AvgIpc) is 3.27. The smallest absolute Gasteiger partial charge is 0.341 e. The maximum atomic E-state index is 13.5. The van der Waals surface area contributed by atoms with Crippen LogP contribution in [0.2, 0.25) is 10.0 Å². The van der Waals surface area contributed by atoms with Crippen LogP contribution in [0.5, 0.6) is 0 Å². The van der Waals surface area contributed by atoms with Gasteiger partial charge in [0.1, 0.15) is 10.6 Å². The number of aromatic nitrogens is 1. The molecule has 0 unspecified atom stereocenters. The van der Waals surface area contributed by atoms with Gasteiger partial charge in [-0.2, -0.15) is 0 Å². The molecule has 37 heavy (non-hydrogen) atoms. The fourth-order valence-electron chi connectivity index (χ4n) is 4.15. The van der Waals surface area contributed by atoms with E-state index in [1.807, 2.05) is 38.3 Å². The van der Waals surface area contributed by atoms with Crippen LogP contribution in [0.15, 0.2) is 29.8 Å². The van der Waals surface area contributed by atoms with Crippen molar-refractivity contribution < 1.29 is 19.1 Å². The number of thiophene rings is 1. The van der Waals surface area contributed by atoms with Gasteiger partial charge in [-0.05, 0) is 82.2 Å². The molecule has 1 aromatic carbocycles. The number of aryl methyl sites for hydroxylation is 2. The van der Waals surface area contributed by atoms with Gasteiger partial charge in [-0.25, -0.2) is 4.79 Å². The van der Waals surface area contributed by atoms with Crippen LogP contribution in [0.25, 0.3) is 11.1 Å². The Bertz CT molecular complexity index is 1520. The monoisotopic (exact) mass is 575 g/mol. The molecule has 2 amide bonds. The second kappa shape index (κ2) is 10.4. The Morgan fingerprint density at radius 2 is 1.89 bits per heavy atom. The van der Waals surface area contributed by atoms with Gasteiger partial charge >= 0.3 is 5.97 Å². The molecule has 192 valence electrons. The first kappa shape index (κ1) is 27.1. The van der Waals surface area contributed by atoms with Crippen LogP contribution in [0, 0.1) is 27.7 Å². The Kier molecular flexibility index (Phi) is 7.62. The Labute approximate surface area is 233 Å². The number of hydrogen-bond acceptors (Lipinski definition) is 6. The van der Waals surface area contributed by atoms with E-state index in [9.17, 15) is 14.4 Å². The van der Waals surface area contributed by atoms with Crippen LogP contribution in [-0.4, -0.2) is 34.1 Å². The van der Waals surface area contributed by atoms with Crippen molar-refractivity contribution in [2.45, 2.75) is 34.6 Å². The number of nitrogens with zero attached hydrogens (tertiary/aromatic N) is 2. The van der Waals surface area contributed by atoms with Crippen molar-refractivity contribution in [1.29, 1.82) is 0 Å². The number of benzene rings is 1. The standard InChI is InChI=1S/C26H23Cl2N3O4S2/c1-6-35-25(34)20-13(3)15(5)37-24(20)30-12(2)10-16(14(30)4)11-17-22(32)29-26(36)31(23(17)33)19-9-7-8-18(27)21(19)28/h7-11H,6H2,1-5H3,(H,29,32,36)/b17-11+. The molecular formula is C26H23Cl2N3O4S2. The molecular weight excluding hydrogens is 553 g/mol. The van der Waals surface area contributed by atoms with Gasteiger partial charge < -0.3 is 9.30 Å². The first-order valence-corrected chi connectivity index (χ1v) is 13.3. The van der Waals surface area contributed by atoms with Gasteiger partial charge in [0, 0.05) is 16.3 Å². The van der Waals surface area contributed by atoms with Crippen LogP contribution >= 0.6 is 46.8 Å². The molecule has 1 N–H and O–H groups in total. The second-order valence-corrected chi connectivity index (χ2v) is 10.8. The topological polar surface area (TPSA) is 80.6 Å². The Balaban J connectivity index is 1.82. The van der Waals surface area contributed by atoms with Crippen LogP contribution in [0.3, 0.4) is 0 Å². The number of thiocarbonyl (C=S) groups is 1. The van der Waals surface area contributed by atoms with Gasteiger partial charge in [0.15, 0.2) is 5.11 Å². The zero-order valence-corrected chi connectivity index (χ0v) is 23.8. The summed E-state index contributed by atoms with van der Waals surface area (Å²) in [5.74, 6) is -1.64. The first-order chi connectivity index (χ1) is 17.5. The molecule has 3 aromatic rings. The summed E-state index contributed by atoms with van der Waals surface area (Å²) < 4.78 is 7.24. The van der Waals surface area contributed by atoms with E-state index in [1.165, 1.54) is 17.4 Å². The fourth-order valence-corrected chi connectivity index (χ4v) is 6.06. The third kappa shape index (κ3) is 4.72. The quantitative estimate of drug-likeness (QED) is 0.172. The van der Waals surface area contributed by atoms with Crippen LogP contribution in [0.4, 0.5) is 5.69 Å². The van der Waals surface area contributed by atoms with E-state index in [0.717, 1.165) is 31.7 Å². The highest BCUT2D eigenvalue weighted by molar-refractivity contribution is 7.80. The van der Waals surface area contributed by atoms with Gasteiger partial charge in [0.25, 0.3) is 11.8 Å². The Morgan fingerprint density at radius 1 is 1.19 bits per heavy atom. The van der Waals surface area contributed by atoms with Gasteiger partial charge in [-0.1, -0.05) is 29.3 Å². The highest BCUT2D eigenvalue weighted by Crippen LogP contribution is 2.37. The van der Waals surface area contributed by atoms with E-state index < -0.39 is 17.8 Å². The number of anilines is 1. The normalized spacial score (nSPS) is 14.9. The Hall–Kier alpha value is -2.98. The number of hydrogen-bond donors (Lipinski definition) is 1. The predicted octanol–water partition coefficient (Wildman–Crippen LogP) is 6.09. The maximum Gasteiger partial charge on any atom is 0.341 e. The minimum atomic E-state index is -0.627. The zero-order chi connectivity index (χ0) is 27.2. The van der Waals surface area contributed by atoms with Crippen molar-refractivity contribution >= 4 is 81.4 Å². The molecule has 1 fully saturated rings. The van der Waals surface area contributed by atoms with E-state index in [0.29, 0.717) is 11.1 Å². The second-order valence-electron chi connectivity index (χ2n) is 8.38. The largest absolute Gasteiger partial charge is 0.462 e. The fraction of sp³-hybridized carbons (Fsp3) is 0.231. The number of nitrogens with one attached hydrogen (secondary N) is 1. The molecule has 0 radical (unpaired) electrons. The molecule has 0 bridgehead atoms. The minimum Gasteiger partial charge on any atom is -0.462 e. The van der Waals surface area contributed by atoms with Crippen molar-refractivity contribution in [3.05, 3.63) is 72.8 Å². The maximum absolute atomic E-state index is 13.5. The summed E-state index contributed by atoms with van der Waals surface area (Å²) in [5, 5.41) is 3.58. The number of halogens is 2. The van der Waals surface area contributed by atoms with Crippen LogP contribution < -0.4 is 10.2 Å². The summed E-state index contributed by atoms with van der Waals surface area (Å²) in [7, 11) is 0. The summed E-state index contributed by atoms with van der Waals surface area (Å²) in [6.07, 6.45) is 1.51. The van der Waals surface area contributed by atoms with E-state index in [-0.39, 0.29) is 33.0 Å². The van der Waals surface area contributed by atoms with Crippen molar-refractivity contribution in [3.63, 3.8) is 0 Å². The molecule has 1 aliphatic rings. The average molecular weight is 577 g/mol. The van der Waals surface area contributed by atoms with Crippen molar-refractivity contribution in [2.75, 3.05) is 11.5 Å². The van der Waals surface area contributed by atoms with E-state index in [1.54, 1.807) is 25.1 Å². The molecule has 0 spiro atoms. The van der Waals surface area contributed by atoms with Crippen LogP contribution in [0.1, 0.15) is 44.7 Å². The SMILES string of the molecule is CCOC(=O)c1c(-n2c(C)cc(/C=C3\C(=O)NC(=S)N(c4cccc(Cl)c4Cl)C3=O)c2C)sc(C)c1C.